The van der Waals surface area contributed by atoms with Crippen molar-refractivity contribution in [1.82, 2.24) is 5.16 Å². The third-order valence-corrected chi connectivity index (χ3v) is 3.18. The average molecular weight is 355 g/mol. The number of carbonyl (C=O) groups excluding carboxylic acids is 2. The Kier molecular flexibility index (Phi) is 5.64. The summed E-state index contributed by atoms with van der Waals surface area (Å²) in [6.45, 7) is 1.19. The number of hydrogen-bond acceptors (Lipinski definition) is 7. The van der Waals surface area contributed by atoms with Gasteiger partial charge in [0.1, 0.15) is 5.76 Å². The Bertz CT molecular complexity index is 758. The van der Waals surface area contributed by atoms with Crippen LogP contribution in [0.15, 0.2) is 22.7 Å². The molecule has 0 aliphatic heterocycles. The number of amides is 1. The molecular weight excluding hydrogens is 340 g/mol. The lowest BCUT2D eigenvalue weighted by Crippen LogP contribution is -2.21. The molecule has 1 amide bonds. The van der Waals surface area contributed by atoms with Crippen LogP contribution < -0.4 is 14.8 Å². The highest BCUT2D eigenvalue weighted by atomic mass is 35.5. The molecular formula is C15H15ClN2O6. The van der Waals surface area contributed by atoms with Crippen molar-refractivity contribution in [3.05, 3.63) is 34.5 Å². The molecule has 2 rings (SSSR count). The summed E-state index contributed by atoms with van der Waals surface area (Å²) < 4.78 is 19.9. The molecule has 1 aromatic heterocycles. The molecule has 128 valence electrons. The molecule has 0 aliphatic carbocycles. The van der Waals surface area contributed by atoms with E-state index in [4.69, 9.17) is 30.3 Å². The molecule has 0 saturated heterocycles. The molecule has 0 bridgehead atoms. The van der Waals surface area contributed by atoms with E-state index in [1.807, 2.05) is 0 Å². The van der Waals surface area contributed by atoms with Crippen molar-refractivity contribution in [1.29, 1.82) is 0 Å². The molecule has 24 heavy (non-hydrogen) atoms. The van der Waals surface area contributed by atoms with E-state index < -0.39 is 18.5 Å². The number of anilines is 1. The lowest BCUT2D eigenvalue weighted by Gasteiger charge is -2.11. The first-order valence-corrected chi connectivity index (χ1v) is 7.14. The van der Waals surface area contributed by atoms with Gasteiger partial charge in [-0.1, -0.05) is 16.8 Å². The molecule has 0 atom stereocenters. The lowest BCUT2D eigenvalue weighted by atomic mass is 10.2. The van der Waals surface area contributed by atoms with Crippen LogP contribution in [-0.2, 0) is 9.53 Å². The summed E-state index contributed by atoms with van der Waals surface area (Å²) >= 11 is 6.02. The summed E-state index contributed by atoms with van der Waals surface area (Å²) in [5.74, 6) is 0.0758. The Labute approximate surface area is 142 Å². The van der Waals surface area contributed by atoms with Gasteiger partial charge in [0.25, 0.3) is 5.91 Å². The maximum Gasteiger partial charge on any atom is 0.338 e. The number of esters is 1. The third kappa shape index (κ3) is 4.17. The van der Waals surface area contributed by atoms with Crippen molar-refractivity contribution in [2.75, 3.05) is 26.1 Å². The number of ether oxygens (including phenoxy) is 3. The zero-order chi connectivity index (χ0) is 17.7. The number of nitrogens with zero attached hydrogens (tertiary/aromatic N) is 1. The topological polar surface area (TPSA) is 99.9 Å². The minimum atomic E-state index is -0.732. The first-order valence-electron chi connectivity index (χ1n) is 6.76. The van der Waals surface area contributed by atoms with E-state index in [0.29, 0.717) is 11.5 Å². The number of aryl methyl sites for hydroxylation is 1. The molecule has 0 spiro atoms. The second kappa shape index (κ2) is 7.69. The summed E-state index contributed by atoms with van der Waals surface area (Å²) in [4.78, 5) is 23.7. The SMILES string of the molecule is COc1cc(C(=O)OCC(=O)Nc2cc(C)on2)cc(Cl)c1OC. The van der Waals surface area contributed by atoms with E-state index in [1.54, 1.807) is 6.92 Å². The standard InChI is InChI=1S/C15H15ClN2O6/c1-8-4-12(18-24-8)17-13(19)7-23-15(20)9-5-10(16)14(22-3)11(6-9)21-2/h4-6H,7H2,1-3H3,(H,17,18,19). The fourth-order valence-corrected chi connectivity index (χ4v) is 2.14. The lowest BCUT2D eigenvalue weighted by molar-refractivity contribution is -0.119. The van der Waals surface area contributed by atoms with Crippen LogP contribution in [0, 0.1) is 6.92 Å². The van der Waals surface area contributed by atoms with Gasteiger partial charge in [-0.05, 0) is 19.1 Å². The molecule has 8 nitrogen and oxygen atoms in total. The number of methoxy groups -OCH3 is 2. The van der Waals surface area contributed by atoms with Crippen molar-refractivity contribution in [2.24, 2.45) is 0 Å². The predicted octanol–water partition coefficient (Wildman–Crippen LogP) is 2.45. The predicted molar refractivity (Wildman–Crippen MR) is 84.7 cm³/mol. The van der Waals surface area contributed by atoms with E-state index in [2.05, 4.69) is 10.5 Å². The summed E-state index contributed by atoms with van der Waals surface area (Å²) in [6.07, 6.45) is 0. The van der Waals surface area contributed by atoms with Crippen LogP contribution in [-0.4, -0.2) is 37.9 Å². The van der Waals surface area contributed by atoms with Gasteiger partial charge in [0.05, 0.1) is 24.8 Å². The van der Waals surface area contributed by atoms with Crippen LogP contribution in [0.5, 0.6) is 11.5 Å². The van der Waals surface area contributed by atoms with Crippen LogP contribution in [0.2, 0.25) is 5.02 Å². The summed E-state index contributed by atoms with van der Waals surface area (Å²) in [5, 5.41) is 6.22. The Morgan fingerprint density at radius 1 is 1.25 bits per heavy atom. The molecule has 0 fully saturated rings. The van der Waals surface area contributed by atoms with Gasteiger partial charge in [0, 0.05) is 6.07 Å². The van der Waals surface area contributed by atoms with Gasteiger partial charge in [-0.15, -0.1) is 0 Å². The van der Waals surface area contributed by atoms with Gasteiger partial charge in [-0.2, -0.15) is 0 Å². The van der Waals surface area contributed by atoms with Gasteiger partial charge in [0.15, 0.2) is 23.9 Å². The molecule has 2 aromatic rings. The Balaban J connectivity index is 1.99. The fourth-order valence-electron chi connectivity index (χ4n) is 1.85. The Hall–Kier alpha value is -2.74. The molecule has 0 saturated carbocycles. The van der Waals surface area contributed by atoms with Gasteiger partial charge < -0.3 is 24.1 Å². The first kappa shape index (κ1) is 17.6. The van der Waals surface area contributed by atoms with E-state index in [-0.39, 0.29) is 22.2 Å². The number of benzene rings is 1. The van der Waals surface area contributed by atoms with Crippen LogP contribution in [0.4, 0.5) is 5.82 Å². The van der Waals surface area contributed by atoms with Crippen molar-refractivity contribution < 1.29 is 28.3 Å². The average Bonchev–Trinajstić information content (AvgIpc) is 2.96. The highest BCUT2D eigenvalue weighted by Gasteiger charge is 2.17. The number of nitrogens with one attached hydrogen (secondary N) is 1. The van der Waals surface area contributed by atoms with Gasteiger partial charge in [0.2, 0.25) is 0 Å². The minimum Gasteiger partial charge on any atom is -0.493 e. The number of aromatic nitrogens is 1. The number of rotatable bonds is 6. The largest absolute Gasteiger partial charge is 0.493 e. The molecule has 0 aliphatic rings. The van der Waals surface area contributed by atoms with Crippen molar-refractivity contribution in [3.8, 4) is 11.5 Å². The van der Waals surface area contributed by atoms with E-state index in [9.17, 15) is 9.59 Å². The van der Waals surface area contributed by atoms with E-state index in [0.717, 1.165) is 0 Å². The van der Waals surface area contributed by atoms with Crippen LogP contribution >= 0.6 is 11.6 Å². The summed E-state index contributed by atoms with van der Waals surface area (Å²) in [5.41, 5.74) is 0.128. The van der Waals surface area contributed by atoms with Crippen molar-refractivity contribution in [3.63, 3.8) is 0 Å². The van der Waals surface area contributed by atoms with Crippen molar-refractivity contribution in [2.45, 2.75) is 6.92 Å². The van der Waals surface area contributed by atoms with E-state index in [1.165, 1.54) is 32.4 Å². The summed E-state index contributed by atoms with van der Waals surface area (Å²) in [7, 11) is 2.84. The molecule has 0 unspecified atom stereocenters. The normalized spacial score (nSPS) is 10.2. The zero-order valence-electron chi connectivity index (χ0n) is 13.2. The highest BCUT2D eigenvalue weighted by molar-refractivity contribution is 6.32. The smallest absolute Gasteiger partial charge is 0.338 e. The molecule has 1 N–H and O–H groups in total. The van der Waals surface area contributed by atoms with Crippen LogP contribution in [0.25, 0.3) is 0 Å². The Morgan fingerprint density at radius 3 is 2.58 bits per heavy atom. The van der Waals surface area contributed by atoms with Crippen molar-refractivity contribution >= 4 is 29.3 Å². The number of carbonyl (C=O) groups is 2. The molecule has 0 radical (unpaired) electrons. The van der Waals surface area contributed by atoms with Gasteiger partial charge in [-0.3, -0.25) is 4.79 Å². The third-order valence-electron chi connectivity index (χ3n) is 2.90. The molecule has 1 heterocycles. The van der Waals surface area contributed by atoms with E-state index >= 15 is 0 Å². The minimum absolute atomic E-state index is 0.128. The second-order valence-corrected chi connectivity index (χ2v) is 5.05. The number of hydrogen-bond donors (Lipinski definition) is 1. The molecule has 1 aromatic carbocycles. The quantitative estimate of drug-likeness (QED) is 0.795. The maximum atomic E-state index is 12.0. The van der Waals surface area contributed by atoms with Gasteiger partial charge in [-0.25, -0.2) is 4.79 Å². The van der Waals surface area contributed by atoms with Crippen LogP contribution in [0.3, 0.4) is 0 Å². The Morgan fingerprint density at radius 2 is 2.00 bits per heavy atom. The fraction of sp³-hybridized carbons (Fsp3) is 0.267. The molecule has 9 heteroatoms. The van der Waals surface area contributed by atoms with Crippen LogP contribution in [0.1, 0.15) is 16.1 Å². The summed E-state index contributed by atoms with van der Waals surface area (Å²) in [6, 6.07) is 4.31. The highest BCUT2D eigenvalue weighted by Crippen LogP contribution is 2.36. The second-order valence-electron chi connectivity index (χ2n) is 4.64. The first-order chi connectivity index (χ1) is 11.4. The number of halogens is 1. The maximum absolute atomic E-state index is 12.0. The zero-order valence-corrected chi connectivity index (χ0v) is 14.0. The van der Waals surface area contributed by atoms with Gasteiger partial charge >= 0.3 is 5.97 Å². The monoisotopic (exact) mass is 354 g/mol.